The second-order valence-corrected chi connectivity index (χ2v) is 6.07. The van der Waals surface area contributed by atoms with Gasteiger partial charge in [-0.3, -0.25) is 0 Å². The van der Waals surface area contributed by atoms with Crippen LogP contribution in [0, 0.1) is 5.41 Å². The van der Waals surface area contributed by atoms with Gasteiger partial charge in [0, 0.05) is 17.7 Å². The SMILES string of the molecule is CSCCN(C)CCCC(C)(C)C(N)=S. The van der Waals surface area contributed by atoms with Crippen LogP contribution in [0.1, 0.15) is 26.7 Å². The van der Waals surface area contributed by atoms with Crippen LogP contribution in [-0.4, -0.2) is 42.0 Å². The molecule has 0 heterocycles. The summed E-state index contributed by atoms with van der Waals surface area (Å²) in [6.07, 6.45) is 4.38. The van der Waals surface area contributed by atoms with E-state index in [4.69, 9.17) is 18.0 Å². The third kappa shape index (κ3) is 7.14. The number of nitrogens with two attached hydrogens (primary N) is 1. The fourth-order valence-electron chi connectivity index (χ4n) is 1.27. The van der Waals surface area contributed by atoms with E-state index >= 15 is 0 Å². The van der Waals surface area contributed by atoms with Gasteiger partial charge in [0.1, 0.15) is 0 Å². The smallest absolute Gasteiger partial charge is 0.0784 e. The zero-order chi connectivity index (χ0) is 11.9. The Balaban J connectivity index is 3.65. The average molecular weight is 248 g/mol. The molecule has 0 unspecified atom stereocenters. The molecule has 0 saturated carbocycles. The van der Waals surface area contributed by atoms with Gasteiger partial charge in [0.15, 0.2) is 0 Å². The van der Waals surface area contributed by atoms with E-state index in [1.165, 1.54) is 5.75 Å². The van der Waals surface area contributed by atoms with Gasteiger partial charge in [-0.05, 0) is 32.7 Å². The minimum atomic E-state index is 0.00960. The lowest BCUT2D eigenvalue weighted by molar-refractivity contribution is 0.323. The number of thioether (sulfide) groups is 1. The third-order valence-corrected chi connectivity index (χ3v) is 3.83. The van der Waals surface area contributed by atoms with Gasteiger partial charge in [-0.2, -0.15) is 11.8 Å². The fourth-order valence-corrected chi connectivity index (χ4v) is 1.87. The summed E-state index contributed by atoms with van der Waals surface area (Å²) in [5, 5.41) is 0. The Morgan fingerprint density at radius 3 is 2.47 bits per heavy atom. The van der Waals surface area contributed by atoms with Crippen molar-refractivity contribution < 1.29 is 0 Å². The average Bonchev–Trinajstić information content (AvgIpc) is 2.14. The topological polar surface area (TPSA) is 29.3 Å². The second-order valence-electron chi connectivity index (χ2n) is 4.65. The molecule has 90 valence electrons. The molecule has 0 aliphatic rings. The lowest BCUT2D eigenvalue weighted by atomic mass is 9.88. The van der Waals surface area contributed by atoms with Crippen molar-refractivity contribution >= 4 is 29.0 Å². The van der Waals surface area contributed by atoms with E-state index in [0.29, 0.717) is 4.99 Å². The van der Waals surface area contributed by atoms with Crippen LogP contribution in [0.15, 0.2) is 0 Å². The van der Waals surface area contributed by atoms with Crippen molar-refractivity contribution in [2.24, 2.45) is 11.1 Å². The van der Waals surface area contributed by atoms with Gasteiger partial charge < -0.3 is 10.6 Å². The highest BCUT2D eigenvalue weighted by atomic mass is 32.2. The van der Waals surface area contributed by atoms with Gasteiger partial charge in [0.2, 0.25) is 0 Å². The van der Waals surface area contributed by atoms with E-state index in [1.54, 1.807) is 0 Å². The minimum Gasteiger partial charge on any atom is -0.393 e. The first-order chi connectivity index (χ1) is 6.90. The number of hydrogen-bond donors (Lipinski definition) is 1. The van der Waals surface area contributed by atoms with Gasteiger partial charge in [0.05, 0.1) is 4.99 Å². The maximum absolute atomic E-state index is 5.68. The van der Waals surface area contributed by atoms with Crippen LogP contribution in [0.5, 0.6) is 0 Å². The van der Waals surface area contributed by atoms with E-state index < -0.39 is 0 Å². The molecular formula is C11H24N2S2. The largest absolute Gasteiger partial charge is 0.393 e. The van der Waals surface area contributed by atoms with Crippen molar-refractivity contribution in [3.63, 3.8) is 0 Å². The van der Waals surface area contributed by atoms with Crippen LogP contribution in [-0.2, 0) is 0 Å². The Hall–Kier alpha value is 0.200. The quantitative estimate of drug-likeness (QED) is 0.668. The molecular weight excluding hydrogens is 224 g/mol. The van der Waals surface area contributed by atoms with Crippen LogP contribution < -0.4 is 5.73 Å². The van der Waals surface area contributed by atoms with Crippen molar-refractivity contribution in [1.29, 1.82) is 0 Å². The standard InChI is InChI=1S/C11H24N2S2/c1-11(2,10(12)14)6-5-7-13(3)8-9-15-4/h5-9H2,1-4H3,(H2,12,14). The molecule has 0 aromatic rings. The maximum atomic E-state index is 5.68. The zero-order valence-electron chi connectivity index (χ0n) is 10.4. The van der Waals surface area contributed by atoms with Gasteiger partial charge in [-0.25, -0.2) is 0 Å². The van der Waals surface area contributed by atoms with E-state index in [-0.39, 0.29) is 5.41 Å². The summed E-state index contributed by atoms with van der Waals surface area (Å²) in [6, 6.07) is 0. The van der Waals surface area contributed by atoms with E-state index in [2.05, 4.69) is 32.1 Å². The molecule has 0 aliphatic carbocycles. The Bertz CT molecular complexity index is 193. The predicted octanol–water partition coefficient (Wildman–Crippen LogP) is 2.37. The maximum Gasteiger partial charge on any atom is 0.0784 e. The molecule has 0 bridgehead atoms. The Morgan fingerprint density at radius 1 is 1.40 bits per heavy atom. The summed E-state index contributed by atoms with van der Waals surface area (Å²) < 4.78 is 0. The normalized spacial score (nSPS) is 12.1. The summed E-state index contributed by atoms with van der Waals surface area (Å²) in [6.45, 7) is 6.54. The predicted molar refractivity (Wildman–Crippen MR) is 75.7 cm³/mol. The lowest BCUT2D eigenvalue weighted by Crippen LogP contribution is -2.31. The summed E-state index contributed by atoms with van der Waals surface area (Å²) in [7, 11) is 2.17. The van der Waals surface area contributed by atoms with E-state index in [1.807, 2.05) is 11.8 Å². The monoisotopic (exact) mass is 248 g/mol. The summed E-state index contributed by atoms with van der Waals surface area (Å²) >= 11 is 6.93. The zero-order valence-corrected chi connectivity index (χ0v) is 12.0. The van der Waals surface area contributed by atoms with E-state index in [0.717, 1.165) is 25.9 Å². The molecule has 0 atom stereocenters. The molecule has 0 aromatic heterocycles. The van der Waals surface area contributed by atoms with Crippen LogP contribution in [0.25, 0.3) is 0 Å². The van der Waals surface area contributed by atoms with Crippen molar-refractivity contribution in [3.8, 4) is 0 Å². The van der Waals surface area contributed by atoms with Gasteiger partial charge >= 0.3 is 0 Å². The molecule has 2 N–H and O–H groups in total. The molecule has 4 heteroatoms. The summed E-state index contributed by atoms with van der Waals surface area (Å²) in [5.41, 5.74) is 5.69. The van der Waals surface area contributed by atoms with Crippen LogP contribution >= 0.6 is 24.0 Å². The summed E-state index contributed by atoms with van der Waals surface area (Å²) in [5.74, 6) is 1.20. The lowest BCUT2D eigenvalue weighted by Gasteiger charge is -2.24. The number of thiocarbonyl (C=S) groups is 1. The molecule has 0 fully saturated rings. The third-order valence-electron chi connectivity index (χ3n) is 2.69. The van der Waals surface area contributed by atoms with Crippen LogP contribution in [0.4, 0.5) is 0 Å². The highest BCUT2D eigenvalue weighted by Gasteiger charge is 2.20. The summed E-state index contributed by atoms with van der Waals surface area (Å²) in [4.78, 5) is 3.00. The molecule has 0 amide bonds. The number of hydrogen-bond acceptors (Lipinski definition) is 3. The van der Waals surface area contributed by atoms with Crippen molar-refractivity contribution in [2.45, 2.75) is 26.7 Å². The Kier molecular flexibility index (Phi) is 7.57. The molecule has 0 aromatic carbocycles. The van der Waals surface area contributed by atoms with Gasteiger partial charge in [0.25, 0.3) is 0 Å². The Labute approximate surface area is 104 Å². The molecule has 0 saturated heterocycles. The first-order valence-corrected chi connectivity index (χ1v) is 7.18. The van der Waals surface area contributed by atoms with Crippen LogP contribution in [0.2, 0.25) is 0 Å². The van der Waals surface area contributed by atoms with E-state index in [9.17, 15) is 0 Å². The fraction of sp³-hybridized carbons (Fsp3) is 0.909. The first-order valence-electron chi connectivity index (χ1n) is 5.37. The minimum absolute atomic E-state index is 0.00960. The second kappa shape index (κ2) is 7.47. The molecule has 0 spiro atoms. The van der Waals surface area contributed by atoms with Gasteiger partial charge in [-0.15, -0.1) is 0 Å². The van der Waals surface area contributed by atoms with Crippen molar-refractivity contribution in [2.75, 3.05) is 32.1 Å². The number of rotatable bonds is 8. The molecule has 0 radical (unpaired) electrons. The molecule has 0 rings (SSSR count). The highest BCUT2D eigenvalue weighted by molar-refractivity contribution is 7.98. The molecule has 15 heavy (non-hydrogen) atoms. The van der Waals surface area contributed by atoms with Gasteiger partial charge in [-0.1, -0.05) is 26.1 Å². The van der Waals surface area contributed by atoms with Crippen LogP contribution in [0.3, 0.4) is 0 Å². The Morgan fingerprint density at radius 2 is 2.00 bits per heavy atom. The first kappa shape index (κ1) is 15.2. The van der Waals surface area contributed by atoms with Crippen molar-refractivity contribution in [1.82, 2.24) is 4.90 Å². The molecule has 2 nitrogen and oxygen atoms in total. The number of nitrogens with zero attached hydrogens (tertiary/aromatic N) is 1. The highest BCUT2D eigenvalue weighted by Crippen LogP contribution is 2.22. The van der Waals surface area contributed by atoms with Crippen molar-refractivity contribution in [3.05, 3.63) is 0 Å². The molecule has 0 aliphatic heterocycles.